The van der Waals surface area contributed by atoms with Crippen LogP contribution in [0.4, 0.5) is 0 Å². The number of halogens is 1. The molecule has 0 aliphatic heterocycles. The number of hydrogen-bond acceptors (Lipinski definition) is 4. The molecule has 0 spiro atoms. The van der Waals surface area contributed by atoms with Gasteiger partial charge in [-0.3, -0.25) is 14.5 Å². The third-order valence-corrected chi connectivity index (χ3v) is 2.96. The number of hydrogen-bond donors (Lipinski definition) is 1. The molecule has 6 nitrogen and oxygen atoms in total. The number of aryl methyl sites for hydroxylation is 1. The summed E-state index contributed by atoms with van der Waals surface area (Å²) in [5, 5.41) is 7.15. The fourth-order valence-electron chi connectivity index (χ4n) is 1.79. The second kappa shape index (κ2) is 6.49. The minimum atomic E-state index is -0.358. The second-order valence-electron chi connectivity index (χ2n) is 4.24. The monoisotopic (exact) mass is 294 g/mol. The number of ether oxygens (including phenoxy) is 1. The highest BCUT2D eigenvalue weighted by atomic mass is 35.5. The maximum absolute atomic E-state index is 12.2. The van der Waals surface area contributed by atoms with Crippen molar-refractivity contribution in [3.63, 3.8) is 0 Å². The van der Waals surface area contributed by atoms with Crippen molar-refractivity contribution in [2.75, 3.05) is 13.7 Å². The van der Waals surface area contributed by atoms with Crippen molar-refractivity contribution in [2.45, 2.75) is 6.04 Å². The van der Waals surface area contributed by atoms with E-state index in [0.717, 1.165) is 5.69 Å². The van der Waals surface area contributed by atoms with E-state index in [4.69, 9.17) is 16.3 Å². The fourth-order valence-corrected chi connectivity index (χ4v) is 2.05. The van der Waals surface area contributed by atoms with Gasteiger partial charge in [0.15, 0.2) is 5.69 Å². The number of rotatable bonds is 5. The maximum Gasteiger partial charge on any atom is 0.273 e. The van der Waals surface area contributed by atoms with E-state index in [2.05, 4.69) is 15.4 Å². The van der Waals surface area contributed by atoms with Crippen molar-refractivity contribution >= 4 is 17.5 Å². The summed E-state index contributed by atoms with van der Waals surface area (Å²) in [7, 11) is 3.27. The molecule has 2 rings (SSSR count). The normalized spacial score (nSPS) is 12.2. The fraction of sp³-hybridized carbons (Fsp3) is 0.308. The van der Waals surface area contributed by atoms with Gasteiger partial charge in [0.2, 0.25) is 0 Å². The molecule has 0 saturated heterocycles. The van der Waals surface area contributed by atoms with E-state index in [9.17, 15) is 4.79 Å². The first-order valence-corrected chi connectivity index (χ1v) is 6.39. The second-order valence-corrected chi connectivity index (χ2v) is 4.64. The van der Waals surface area contributed by atoms with Crippen LogP contribution in [0, 0.1) is 0 Å². The van der Waals surface area contributed by atoms with Crippen LogP contribution in [0.3, 0.4) is 0 Å². The average Bonchev–Trinajstić information content (AvgIpc) is 2.78. The zero-order chi connectivity index (χ0) is 14.5. The Morgan fingerprint density at radius 1 is 1.55 bits per heavy atom. The third-order valence-electron chi connectivity index (χ3n) is 2.68. The van der Waals surface area contributed by atoms with E-state index < -0.39 is 0 Å². The van der Waals surface area contributed by atoms with Crippen LogP contribution in [0.2, 0.25) is 5.02 Å². The van der Waals surface area contributed by atoms with Crippen molar-refractivity contribution < 1.29 is 9.53 Å². The van der Waals surface area contributed by atoms with Gasteiger partial charge in [0.25, 0.3) is 5.91 Å². The van der Waals surface area contributed by atoms with Crippen LogP contribution in [0.1, 0.15) is 22.2 Å². The molecule has 0 aromatic carbocycles. The van der Waals surface area contributed by atoms with Crippen LogP contribution in [-0.2, 0) is 11.8 Å². The lowest BCUT2D eigenvalue weighted by Crippen LogP contribution is -2.32. The van der Waals surface area contributed by atoms with E-state index in [1.54, 1.807) is 26.6 Å². The summed E-state index contributed by atoms with van der Waals surface area (Å²) in [4.78, 5) is 16.4. The molecule has 1 N–H and O–H groups in total. The Morgan fingerprint density at radius 3 is 2.90 bits per heavy atom. The van der Waals surface area contributed by atoms with Crippen molar-refractivity contribution in [1.82, 2.24) is 20.1 Å². The van der Waals surface area contributed by atoms with Gasteiger partial charge in [-0.25, -0.2) is 0 Å². The zero-order valence-corrected chi connectivity index (χ0v) is 12.0. The van der Waals surface area contributed by atoms with Gasteiger partial charge in [-0.15, -0.1) is 0 Å². The largest absolute Gasteiger partial charge is 0.382 e. The van der Waals surface area contributed by atoms with Crippen molar-refractivity contribution in [1.29, 1.82) is 0 Å². The highest BCUT2D eigenvalue weighted by Crippen LogP contribution is 2.16. The summed E-state index contributed by atoms with van der Waals surface area (Å²) in [6, 6.07) is 5.13. The molecule has 2 aromatic rings. The van der Waals surface area contributed by atoms with Crippen LogP contribution in [0.15, 0.2) is 30.6 Å². The summed E-state index contributed by atoms with van der Waals surface area (Å²) in [6.07, 6.45) is 3.24. The van der Waals surface area contributed by atoms with E-state index in [-0.39, 0.29) is 17.6 Å². The predicted octanol–water partition coefficient (Wildman–Crippen LogP) is 1.59. The average molecular weight is 295 g/mol. The van der Waals surface area contributed by atoms with E-state index in [0.29, 0.717) is 11.6 Å². The van der Waals surface area contributed by atoms with Crippen molar-refractivity contribution in [3.05, 3.63) is 47.0 Å². The molecule has 20 heavy (non-hydrogen) atoms. The molecular weight excluding hydrogens is 280 g/mol. The highest BCUT2D eigenvalue weighted by molar-refractivity contribution is 6.33. The first-order chi connectivity index (χ1) is 9.61. The number of amides is 1. The first kappa shape index (κ1) is 14.5. The first-order valence-electron chi connectivity index (χ1n) is 6.01. The number of carbonyl (C=O) groups is 1. The Kier molecular flexibility index (Phi) is 4.70. The van der Waals surface area contributed by atoms with E-state index in [1.165, 1.54) is 4.68 Å². The zero-order valence-electron chi connectivity index (χ0n) is 11.2. The molecule has 0 saturated carbocycles. The molecular formula is C13H15ClN4O2. The lowest BCUT2D eigenvalue weighted by atomic mass is 10.2. The van der Waals surface area contributed by atoms with E-state index >= 15 is 0 Å². The Labute approximate surface area is 121 Å². The third kappa shape index (κ3) is 3.34. The molecule has 2 aromatic heterocycles. The molecule has 106 valence electrons. The molecule has 0 aliphatic rings. The standard InChI is InChI=1S/C13H15ClN4O2/c1-18-7-9(14)12(17-18)13(19)16-11(8-20-2)10-5-3-4-6-15-10/h3-7,11H,8H2,1-2H3,(H,16,19). The van der Waals surface area contributed by atoms with Gasteiger partial charge in [-0.05, 0) is 12.1 Å². The van der Waals surface area contributed by atoms with Gasteiger partial charge in [0.05, 0.1) is 23.4 Å². The Balaban J connectivity index is 2.16. The summed E-state index contributed by atoms with van der Waals surface area (Å²) < 4.78 is 6.61. The molecule has 1 amide bonds. The quantitative estimate of drug-likeness (QED) is 0.909. The molecule has 1 unspecified atom stereocenters. The molecule has 0 bridgehead atoms. The topological polar surface area (TPSA) is 69.0 Å². The molecule has 7 heteroatoms. The van der Waals surface area contributed by atoms with Crippen molar-refractivity contribution in [2.24, 2.45) is 7.05 Å². The number of methoxy groups -OCH3 is 1. The minimum Gasteiger partial charge on any atom is -0.382 e. The van der Waals surface area contributed by atoms with Gasteiger partial charge >= 0.3 is 0 Å². The number of nitrogens with one attached hydrogen (secondary N) is 1. The van der Waals surface area contributed by atoms with Crippen LogP contribution in [0.5, 0.6) is 0 Å². The van der Waals surface area contributed by atoms with Crippen LogP contribution in [-0.4, -0.2) is 34.4 Å². The number of carbonyl (C=O) groups excluding carboxylic acids is 1. The maximum atomic E-state index is 12.2. The highest BCUT2D eigenvalue weighted by Gasteiger charge is 2.20. The lowest BCUT2D eigenvalue weighted by Gasteiger charge is -2.16. The predicted molar refractivity (Wildman–Crippen MR) is 74.5 cm³/mol. The summed E-state index contributed by atoms with van der Waals surface area (Å²) >= 11 is 5.96. The summed E-state index contributed by atoms with van der Waals surface area (Å²) in [5.41, 5.74) is 0.904. The van der Waals surface area contributed by atoms with Gasteiger partial charge in [0.1, 0.15) is 0 Å². The lowest BCUT2D eigenvalue weighted by molar-refractivity contribution is 0.0889. The molecule has 0 radical (unpaired) electrons. The summed E-state index contributed by atoms with van der Waals surface area (Å²) in [6.45, 7) is 0.313. The van der Waals surface area contributed by atoms with Gasteiger partial charge in [-0.1, -0.05) is 17.7 Å². The van der Waals surface area contributed by atoms with Gasteiger partial charge in [-0.2, -0.15) is 5.10 Å². The van der Waals surface area contributed by atoms with E-state index in [1.807, 2.05) is 18.2 Å². The number of nitrogens with zero attached hydrogens (tertiary/aromatic N) is 3. The number of aromatic nitrogens is 3. The van der Waals surface area contributed by atoms with Crippen molar-refractivity contribution in [3.8, 4) is 0 Å². The Hall–Kier alpha value is -1.92. The Morgan fingerprint density at radius 2 is 2.35 bits per heavy atom. The number of pyridine rings is 1. The molecule has 2 heterocycles. The van der Waals surface area contributed by atoms with Gasteiger partial charge < -0.3 is 10.1 Å². The molecule has 1 atom stereocenters. The SMILES string of the molecule is COCC(NC(=O)c1nn(C)cc1Cl)c1ccccn1. The van der Waals surface area contributed by atoms with Crippen LogP contribution >= 0.6 is 11.6 Å². The molecule has 0 aliphatic carbocycles. The van der Waals surface area contributed by atoms with Crippen LogP contribution < -0.4 is 5.32 Å². The van der Waals surface area contributed by atoms with Crippen LogP contribution in [0.25, 0.3) is 0 Å². The Bertz CT molecular complexity index is 585. The molecule has 0 fully saturated rings. The van der Waals surface area contributed by atoms with Gasteiger partial charge in [0, 0.05) is 26.6 Å². The minimum absolute atomic E-state index is 0.186. The summed E-state index contributed by atoms with van der Waals surface area (Å²) in [5.74, 6) is -0.358. The smallest absolute Gasteiger partial charge is 0.273 e.